The lowest BCUT2D eigenvalue weighted by Crippen LogP contribution is -2.08. The van der Waals surface area contributed by atoms with E-state index in [4.69, 9.17) is 11.6 Å². The van der Waals surface area contributed by atoms with E-state index in [0.717, 1.165) is 6.07 Å². The molecule has 0 aliphatic carbocycles. The van der Waals surface area contributed by atoms with Gasteiger partial charge in [-0.2, -0.15) is 18.3 Å². The number of aromatic nitrogens is 3. The lowest BCUT2D eigenvalue weighted by Gasteiger charge is -2.05. The van der Waals surface area contributed by atoms with Gasteiger partial charge in [-0.25, -0.2) is 4.98 Å². The molecule has 0 fully saturated rings. The normalized spacial score (nSPS) is 12.0. The summed E-state index contributed by atoms with van der Waals surface area (Å²) in [4.78, 5) is 3.32. The summed E-state index contributed by atoms with van der Waals surface area (Å²) in [7, 11) is 0. The van der Waals surface area contributed by atoms with Gasteiger partial charge in [-0.15, -0.1) is 5.10 Å². The minimum absolute atomic E-state index is 0.114. The zero-order chi connectivity index (χ0) is 11.1. The highest BCUT2D eigenvalue weighted by Crippen LogP contribution is 2.29. The molecular formula is C8H3ClF3N3. The predicted molar refractivity (Wildman–Crippen MR) is 47.3 cm³/mol. The smallest absolute Gasteiger partial charge is 0.222 e. The summed E-state index contributed by atoms with van der Waals surface area (Å²) in [6, 6.07) is 2.08. The van der Waals surface area contributed by atoms with Crippen LogP contribution in [-0.2, 0) is 6.18 Å². The van der Waals surface area contributed by atoms with Crippen LogP contribution in [-0.4, -0.2) is 15.2 Å². The van der Waals surface area contributed by atoms with Crippen molar-refractivity contribution in [2.24, 2.45) is 0 Å². The van der Waals surface area contributed by atoms with Crippen LogP contribution in [0.1, 0.15) is 5.69 Å². The van der Waals surface area contributed by atoms with Crippen LogP contribution >= 0.6 is 11.6 Å². The first-order valence-corrected chi connectivity index (χ1v) is 4.21. The van der Waals surface area contributed by atoms with Gasteiger partial charge in [-0.05, 0) is 12.1 Å². The Bertz CT molecular complexity index is 512. The van der Waals surface area contributed by atoms with Gasteiger partial charge < -0.3 is 0 Å². The van der Waals surface area contributed by atoms with Crippen molar-refractivity contribution >= 4 is 22.6 Å². The highest BCUT2D eigenvalue weighted by molar-refractivity contribution is 6.34. The molecule has 0 N–H and O–H groups in total. The maximum Gasteiger partial charge on any atom is 0.433 e. The van der Waals surface area contributed by atoms with Crippen molar-refractivity contribution in [1.29, 1.82) is 0 Å². The Balaban J connectivity index is 2.68. The molecule has 2 aromatic heterocycles. The maximum absolute atomic E-state index is 12.3. The lowest BCUT2D eigenvalue weighted by molar-refractivity contribution is -0.141. The van der Waals surface area contributed by atoms with E-state index in [1.54, 1.807) is 0 Å². The van der Waals surface area contributed by atoms with Crippen LogP contribution in [0, 0.1) is 0 Å². The molecule has 2 rings (SSSR count). The van der Waals surface area contributed by atoms with Crippen molar-refractivity contribution in [3.63, 3.8) is 0 Å². The molecule has 7 heteroatoms. The zero-order valence-corrected chi connectivity index (χ0v) is 7.84. The lowest BCUT2D eigenvalue weighted by atomic mass is 10.2. The second-order valence-corrected chi connectivity index (χ2v) is 3.17. The Hall–Kier alpha value is -1.43. The highest BCUT2D eigenvalue weighted by Gasteiger charge is 2.32. The number of fused-ring (bicyclic) bond motifs is 1. The number of nitrogens with zero attached hydrogens (tertiary/aromatic N) is 3. The molecule has 0 saturated carbocycles. The Morgan fingerprint density at radius 1 is 1.20 bits per heavy atom. The third kappa shape index (κ3) is 1.85. The van der Waals surface area contributed by atoms with Gasteiger partial charge in [0.05, 0.1) is 11.2 Å². The molecule has 2 heterocycles. The number of rotatable bonds is 0. The molecule has 0 aliphatic rings. The Kier molecular flexibility index (Phi) is 2.22. The van der Waals surface area contributed by atoms with Crippen molar-refractivity contribution in [2.45, 2.75) is 6.18 Å². The SMILES string of the molecule is FC(F)(F)c1ccc2c(Cl)cnnc2n1. The summed E-state index contributed by atoms with van der Waals surface area (Å²) in [6.07, 6.45) is -3.24. The molecule has 15 heavy (non-hydrogen) atoms. The number of hydrogen-bond acceptors (Lipinski definition) is 3. The molecule has 78 valence electrons. The van der Waals surface area contributed by atoms with Crippen molar-refractivity contribution in [1.82, 2.24) is 15.2 Å². The van der Waals surface area contributed by atoms with E-state index in [1.165, 1.54) is 12.3 Å². The zero-order valence-electron chi connectivity index (χ0n) is 7.09. The van der Waals surface area contributed by atoms with Gasteiger partial charge in [-0.1, -0.05) is 11.6 Å². The number of alkyl halides is 3. The van der Waals surface area contributed by atoms with E-state index in [1.807, 2.05) is 0 Å². The average Bonchev–Trinajstić information content (AvgIpc) is 2.16. The predicted octanol–water partition coefficient (Wildman–Crippen LogP) is 2.70. The molecule has 0 saturated heterocycles. The van der Waals surface area contributed by atoms with Gasteiger partial charge in [0.25, 0.3) is 0 Å². The second kappa shape index (κ2) is 3.30. The molecule has 0 aromatic carbocycles. The third-order valence-electron chi connectivity index (χ3n) is 1.75. The van der Waals surface area contributed by atoms with Crippen molar-refractivity contribution in [3.05, 3.63) is 29.0 Å². The largest absolute Gasteiger partial charge is 0.433 e. The van der Waals surface area contributed by atoms with E-state index in [-0.39, 0.29) is 10.7 Å². The molecule has 3 nitrogen and oxygen atoms in total. The fraction of sp³-hybridized carbons (Fsp3) is 0.125. The second-order valence-electron chi connectivity index (χ2n) is 2.76. The quantitative estimate of drug-likeness (QED) is 0.702. The highest BCUT2D eigenvalue weighted by atomic mass is 35.5. The molecule has 0 spiro atoms. The van der Waals surface area contributed by atoms with Crippen molar-refractivity contribution in [2.75, 3.05) is 0 Å². The number of hydrogen-bond donors (Lipinski definition) is 0. The first kappa shape index (κ1) is 10.1. The summed E-state index contributed by atoms with van der Waals surface area (Å²) in [5.74, 6) is 0. The van der Waals surface area contributed by atoms with Crippen LogP contribution in [0.4, 0.5) is 13.2 Å². The minimum Gasteiger partial charge on any atom is -0.222 e. The van der Waals surface area contributed by atoms with Crippen molar-refractivity contribution < 1.29 is 13.2 Å². The van der Waals surface area contributed by atoms with Crippen LogP contribution in [0.25, 0.3) is 11.0 Å². The van der Waals surface area contributed by atoms with Gasteiger partial charge >= 0.3 is 6.18 Å². The molecule has 0 bridgehead atoms. The number of pyridine rings is 1. The van der Waals surface area contributed by atoms with Gasteiger partial charge in [-0.3, -0.25) is 0 Å². The first-order chi connectivity index (χ1) is 6.98. The molecule has 2 aromatic rings. The number of halogens is 4. The van der Waals surface area contributed by atoms with E-state index in [0.29, 0.717) is 5.39 Å². The molecule has 0 unspecified atom stereocenters. The summed E-state index contributed by atoms with van der Waals surface area (Å²) in [5.41, 5.74) is -1.12. The summed E-state index contributed by atoms with van der Waals surface area (Å²) < 4.78 is 36.8. The van der Waals surface area contributed by atoms with E-state index >= 15 is 0 Å². The molecular weight excluding hydrogens is 231 g/mol. The maximum atomic E-state index is 12.3. The molecule has 0 atom stereocenters. The fourth-order valence-corrected chi connectivity index (χ4v) is 1.26. The molecule has 0 aliphatic heterocycles. The summed E-state index contributed by atoms with van der Waals surface area (Å²) in [5, 5.41) is 7.46. The minimum atomic E-state index is -4.49. The van der Waals surface area contributed by atoms with E-state index in [2.05, 4.69) is 15.2 Å². The fourth-order valence-electron chi connectivity index (χ4n) is 1.07. The van der Waals surface area contributed by atoms with Gasteiger partial charge in [0.1, 0.15) is 5.69 Å². The Morgan fingerprint density at radius 3 is 2.60 bits per heavy atom. The average molecular weight is 234 g/mol. The van der Waals surface area contributed by atoms with Crippen LogP contribution in [0.3, 0.4) is 0 Å². The van der Waals surface area contributed by atoms with E-state index in [9.17, 15) is 13.2 Å². The van der Waals surface area contributed by atoms with Crippen LogP contribution in [0.5, 0.6) is 0 Å². The Labute approximate surface area is 86.9 Å². The molecule has 0 amide bonds. The monoisotopic (exact) mass is 233 g/mol. The van der Waals surface area contributed by atoms with Gasteiger partial charge in [0.15, 0.2) is 5.65 Å². The standard InChI is InChI=1S/C8H3ClF3N3/c9-5-3-13-15-7-4(5)1-2-6(14-7)8(10,11)12/h1-3H. The third-order valence-corrected chi connectivity index (χ3v) is 2.05. The summed E-state index contributed by atoms with van der Waals surface area (Å²) >= 11 is 5.70. The topological polar surface area (TPSA) is 38.7 Å². The first-order valence-electron chi connectivity index (χ1n) is 3.83. The van der Waals surface area contributed by atoms with Crippen molar-refractivity contribution in [3.8, 4) is 0 Å². The molecule has 0 radical (unpaired) electrons. The van der Waals surface area contributed by atoms with E-state index < -0.39 is 11.9 Å². The van der Waals surface area contributed by atoms with Gasteiger partial charge in [0.2, 0.25) is 0 Å². The Morgan fingerprint density at radius 2 is 1.93 bits per heavy atom. The van der Waals surface area contributed by atoms with Gasteiger partial charge in [0, 0.05) is 5.39 Å². The summed E-state index contributed by atoms with van der Waals surface area (Å²) in [6.45, 7) is 0. The van der Waals surface area contributed by atoms with Crippen LogP contribution in [0.15, 0.2) is 18.3 Å². The van der Waals surface area contributed by atoms with Crippen LogP contribution in [0.2, 0.25) is 5.02 Å². The van der Waals surface area contributed by atoms with Crippen LogP contribution < -0.4 is 0 Å².